The van der Waals surface area contributed by atoms with Gasteiger partial charge in [0, 0.05) is 6.54 Å². The summed E-state index contributed by atoms with van der Waals surface area (Å²) in [7, 11) is -3.87. The van der Waals surface area contributed by atoms with Gasteiger partial charge in [0.25, 0.3) is 0 Å². The Kier molecular flexibility index (Phi) is 5.18. The summed E-state index contributed by atoms with van der Waals surface area (Å²) in [6.07, 6.45) is 0. The number of benzene rings is 2. The molecule has 0 aliphatic rings. The molecular formula is C15H14ClNO4S. The van der Waals surface area contributed by atoms with Crippen LogP contribution in [0.3, 0.4) is 0 Å². The molecule has 0 fully saturated rings. The molecule has 0 radical (unpaired) electrons. The van der Waals surface area contributed by atoms with E-state index in [2.05, 4.69) is 4.72 Å². The Balaban J connectivity index is 2.20. The summed E-state index contributed by atoms with van der Waals surface area (Å²) in [4.78, 5) is 11.3. The summed E-state index contributed by atoms with van der Waals surface area (Å²) in [5.41, 5.74) is 0.525. The molecule has 0 saturated heterocycles. The molecule has 2 N–H and O–H groups in total. The van der Waals surface area contributed by atoms with Gasteiger partial charge in [0.2, 0.25) is 10.0 Å². The van der Waals surface area contributed by atoms with Crippen molar-refractivity contribution in [3.8, 4) is 0 Å². The topological polar surface area (TPSA) is 83.5 Å². The predicted molar refractivity (Wildman–Crippen MR) is 83.5 cm³/mol. The minimum Gasteiger partial charge on any atom is -0.481 e. The zero-order valence-electron chi connectivity index (χ0n) is 11.4. The molecule has 2 aromatic rings. The van der Waals surface area contributed by atoms with Gasteiger partial charge in [-0.05, 0) is 17.7 Å². The van der Waals surface area contributed by atoms with Gasteiger partial charge in [-0.3, -0.25) is 4.79 Å². The summed E-state index contributed by atoms with van der Waals surface area (Å²) >= 11 is 5.87. The molecule has 0 spiro atoms. The van der Waals surface area contributed by atoms with Crippen molar-refractivity contribution in [3.63, 3.8) is 0 Å². The molecular weight excluding hydrogens is 326 g/mol. The SMILES string of the molecule is O=C(O)C(CNS(=O)(=O)c1ccccc1Cl)c1ccccc1. The van der Waals surface area contributed by atoms with E-state index in [0.29, 0.717) is 5.56 Å². The van der Waals surface area contributed by atoms with Crippen LogP contribution in [0.1, 0.15) is 11.5 Å². The number of carbonyl (C=O) groups is 1. The second-order valence-electron chi connectivity index (χ2n) is 4.58. The molecule has 0 aromatic heterocycles. The smallest absolute Gasteiger partial charge is 0.312 e. The molecule has 22 heavy (non-hydrogen) atoms. The Hall–Kier alpha value is -1.89. The highest BCUT2D eigenvalue weighted by atomic mass is 35.5. The Morgan fingerprint density at radius 2 is 1.68 bits per heavy atom. The predicted octanol–water partition coefficient (Wildman–Crippen LogP) is 2.49. The number of sulfonamides is 1. The van der Waals surface area contributed by atoms with Crippen LogP contribution in [0.25, 0.3) is 0 Å². The fourth-order valence-corrected chi connectivity index (χ4v) is 3.53. The average molecular weight is 340 g/mol. The normalized spacial score (nSPS) is 12.8. The van der Waals surface area contributed by atoms with E-state index >= 15 is 0 Å². The van der Waals surface area contributed by atoms with Crippen molar-refractivity contribution >= 4 is 27.6 Å². The molecule has 0 amide bonds. The number of carboxylic acid groups (broad SMARTS) is 1. The standard InChI is InChI=1S/C15H14ClNO4S/c16-13-8-4-5-9-14(13)22(20,21)17-10-12(15(18)19)11-6-2-1-3-7-11/h1-9,12,17H,10H2,(H,18,19). The number of halogens is 1. The van der Waals surface area contributed by atoms with Crippen LogP contribution in [0, 0.1) is 0 Å². The minimum atomic E-state index is -3.87. The van der Waals surface area contributed by atoms with Gasteiger partial charge in [0.15, 0.2) is 0 Å². The number of hydrogen-bond donors (Lipinski definition) is 2. The summed E-state index contributed by atoms with van der Waals surface area (Å²) in [5, 5.41) is 9.37. The van der Waals surface area contributed by atoms with E-state index in [1.165, 1.54) is 12.1 Å². The van der Waals surface area contributed by atoms with E-state index in [4.69, 9.17) is 11.6 Å². The third-order valence-corrected chi connectivity index (χ3v) is 5.03. The third kappa shape index (κ3) is 3.85. The Labute approximate surface area is 133 Å². The first-order chi connectivity index (χ1) is 10.4. The fourth-order valence-electron chi connectivity index (χ4n) is 1.97. The molecule has 0 aliphatic carbocycles. The van der Waals surface area contributed by atoms with Crippen molar-refractivity contribution < 1.29 is 18.3 Å². The van der Waals surface area contributed by atoms with Crippen molar-refractivity contribution in [3.05, 3.63) is 65.2 Å². The number of aliphatic carboxylic acids is 1. The van der Waals surface area contributed by atoms with Crippen LogP contribution in [0.4, 0.5) is 0 Å². The Morgan fingerprint density at radius 1 is 1.09 bits per heavy atom. The summed E-state index contributed by atoms with van der Waals surface area (Å²) in [5.74, 6) is -2.08. The van der Waals surface area contributed by atoms with E-state index in [0.717, 1.165) is 0 Å². The molecule has 2 aromatic carbocycles. The first-order valence-electron chi connectivity index (χ1n) is 6.44. The summed E-state index contributed by atoms with van der Waals surface area (Å²) in [6, 6.07) is 14.4. The first-order valence-corrected chi connectivity index (χ1v) is 8.30. The zero-order valence-corrected chi connectivity index (χ0v) is 13.0. The van der Waals surface area contributed by atoms with Crippen LogP contribution in [-0.4, -0.2) is 26.0 Å². The molecule has 2 rings (SSSR count). The molecule has 1 unspecified atom stereocenters. The average Bonchev–Trinajstić information content (AvgIpc) is 2.48. The van der Waals surface area contributed by atoms with Gasteiger partial charge in [-0.25, -0.2) is 13.1 Å². The molecule has 1 atom stereocenters. The van der Waals surface area contributed by atoms with E-state index in [9.17, 15) is 18.3 Å². The van der Waals surface area contributed by atoms with Crippen molar-refractivity contribution in [2.75, 3.05) is 6.54 Å². The van der Waals surface area contributed by atoms with E-state index in [1.807, 2.05) is 0 Å². The lowest BCUT2D eigenvalue weighted by Gasteiger charge is -2.14. The van der Waals surface area contributed by atoms with Gasteiger partial charge in [-0.1, -0.05) is 54.1 Å². The molecule has 7 heteroatoms. The Morgan fingerprint density at radius 3 is 2.27 bits per heavy atom. The monoisotopic (exact) mass is 339 g/mol. The van der Waals surface area contributed by atoms with Crippen LogP contribution in [-0.2, 0) is 14.8 Å². The van der Waals surface area contributed by atoms with Crippen molar-refractivity contribution in [2.45, 2.75) is 10.8 Å². The molecule has 0 saturated carbocycles. The quantitative estimate of drug-likeness (QED) is 0.847. The Bertz CT molecular complexity index is 762. The fraction of sp³-hybridized carbons (Fsp3) is 0.133. The molecule has 116 valence electrons. The van der Waals surface area contributed by atoms with Crippen LogP contribution in [0.2, 0.25) is 5.02 Å². The van der Waals surface area contributed by atoms with Gasteiger partial charge in [0.1, 0.15) is 4.90 Å². The molecule has 0 heterocycles. The van der Waals surface area contributed by atoms with Crippen LogP contribution in [0.5, 0.6) is 0 Å². The maximum absolute atomic E-state index is 12.2. The minimum absolute atomic E-state index is 0.0751. The van der Waals surface area contributed by atoms with Crippen LogP contribution < -0.4 is 4.72 Å². The van der Waals surface area contributed by atoms with Gasteiger partial charge in [-0.2, -0.15) is 0 Å². The summed E-state index contributed by atoms with van der Waals surface area (Å²) in [6.45, 7) is -0.257. The van der Waals surface area contributed by atoms with Gasteiger partial charge in [-0.15, -0.1) is 0 Å². The number of carboxylic acids is 1. The molecule has 5 nitrogen and oxygen atoms in total. The van der Waals surface area contributed by atoms with Crippen molar-refractivity contribution in [2.24, 2.45) is 0 Å². The maximum Gasteiger partial charge on any atom is 0.312 e. The number of nitrogens with one attached hydrogen (secondary N) is 1. The maximum atomic E-state index is 12.2. The molecule has 0 bridgehead atoms. The highest BCUT2D eigenvalue weighted by molar-refractivity contribution is 7.89. The van der Waals surface area contributed by atoms with Gasteiger partial charge >= 0.3 is 5.97 Å². The van der Waals surface area contributed by atoms with Crippen LogP contribution in [0.15, 0.2) is 59.5 Å². The van der Waals surface area contributed by atoms with Gasteiger partial charge < -0.3 is 5.11 Å². The largest absolute Gasteiger partial charge is 0.481 e. The first kappa shape index (κ1) is 16.5. The number of rotatable bonds is 6. The van der Waals surface area contributed by atoms with E-state index in [1.54, 1.807) is 42.5 Å². The lowest BCUT2D eigenvalue weighted by atomic mass is 10.00. The third-order valence-electron chi connectivity index (χ3n) is 3.10. The lowest BCUT2D eigenvalue weighted by Crippen LogP contribution is -2.31. The van der Waals surface area contributed by atoms with Crippen molar-refractivity contribution in [1.82, 2.24) is 4.72 Å². The highest BCUT2D eigenvalue weighted by Crippen LogP contribution is 2.21. The second kappa shape index (κ2) is 6.91. The van der Waals surface area contributed by atoms with Crippen molar-refractivity contribution in [1.29, 1.82) is 0 Å². The molecule has 0 aliphatic heterocycles. The number of hydrogen-bond acceptors (Lipinski definition) is 3. The highest BCUT2D eigenvalue weighted by Gasteiger charge is 2.24. The second-order valence-corrected chi connectivity index (χ2v) is 6.73. The van der Waals surface area contributed by atoms with E-state index in [-0.39, 0.29) is 16.5 Å². The zero-order chi connectivity index (χ0) is 16.2. The lowest BCUT2D eigenvalue weighted by molar-refractivity contribution is -0.138. The van der Waals surface area contributed by atoms with E-state index < -0.39 is 21.9 Å². The van der Waals surface area contributed by atoms with Crippen LogP contribution >= 0.6 is 11.6 Å². The summed E-state index contributed by atoms with van der Waals surface area (Å²) < 4.78 is 26.7. The van der Waals surface area contributed by atoms with Gasteiger partial charge in [0.05, 0.1) is 10.9 Å².